The summed E-state index contributed by atoms with van der Waals surface area (Å²) < 4.78 is 0. The molecule has 0 aromatic carbocycles. The molecule has 0 aliphatic carbocycles. The van der Waals surface area contributed by atoms with E-state index in [1.54, 1.807) is 41.5 Å². The maximum Gasteiger partial charge on any atom is 0.325 e. The van der Waals surface area contributed by atoms with Gasteiger partial charge in [-0.2, -0.15) is 0 Å². The number of H-pyrrole nitrogens is 1. The van der Waals surface area contributed by atoms with Crippen LogP contribution in [0.15, 0.2) is 12.5 Å². The SMILES string of the molecule is CC(NC(=O)C(NC(=O)C(NC(=O)C(Cc1cnc[nH]1)NC(=O)C(C)NC(=O)C(NC(=O)C1CCCN1C(=O)C(CCCCN)NC(=O)C(N)CC(=O)O)C(C)C)C(C)C)C(C)C)C(=O)O. The van der Waals surface area contributed by atoms with Gasteiger partial charge in [0.05, 0.1) is 18.8 Å². The van der Waals surface area contributed by atoms with E-state index in [1.807, 2.05) is 0 Å². The standard InChI is InChI=1S/C42H70N12O12/c1-20(2)31(52-37(60)29-13-11-15-54(29)41(64)27(12-9-10-14-43)49-35(58)26(44)17-30(55)56)38(61)47-23(7)34(57)50-28(16-25-18-45-19-46-25)36(59)51-33(22(5)6)40(63)53-32(21(3)4)39(62)48-24(8)42(65)66/h18-24,26-29,31-33H,9-17,43-44H2,1-8H3,(H,45,46)(H,47,61)(H,48,62)(H,49,58)(H,50,57)(H,51,59)(H,52,60)(H,53,63)(H,55,56)(H,65,66). The van der Waals surface area contributed by atoms with Crippen LogP contribution >= 0.6 is 0 Å². The molecule has 1 saturated heterocycles. The summed E-state index contributed by atoms with van der Waals surface area (Å²) >= 11 is 0. The number of nitrogens with two attached hydrogens (primary N) is 2. The van der Waals surface area contributed by atoms with Crippen LogP contribution in [0, 0.1) is 17.8 Å². The van der Waals surface area contributed by atoms with Crippen molar-refractivity contribution < 1.29 is 58.2 Å². The molecule has 0 spiro atoms. The lowest BCUT2D eigenvalue weighted by atomic mass is 9.98. The number of aromatic amines is 1. The lowest BCUT2D eigenvalue weighted by molar-refractivity contribution is -0.143. The van der Waals surface area contributed by atoms with Crippen LogP contribution in [0.2, 0.25) is 0 Å². The molecule has 8 amide bonds. The third-order valence-corrected chi connectivity index (χ3v) is 11.0. The second-order valence-electron chi connectivity index (χ2n) is 17.6. The molecule has 24 nitrogen and oxygen atoms in total. The number of hydrogen-bond acceptors (Lipinski definition) is 13. The van der Waals surface area contributed by atoms with Gasteiger partial charge < -0.3 is 68.8 Å². The molecule has 0 bridgehead atoms. The van der Waals surface area contributed by atoms with Gasteiger partial charge in [0, 0.05) is 24.9 Å². The Morgan fingerprint density at radius 1 is 0.697 bits per heavy atom. The summed E-state index contributed by atoms with van der Waals surface area (Å²) in [6, 6.07) is -11.0. The zero-order chi connectivity index (χ0) is 50.0. The molecule has 14 N–H and O–H groups in total. The van der Waals surface area contributed by atoms with Crippen molar-refractivity contribution in [1.29, 1.82) is 0 Å². The summed E-state index contributed by atoms with van der Waals surface area (Å²) in [7, 11) is 0. The fourth-order valence-electron chi connectivity index (χ4n) is 7.02. The van der Waals surface area contributed by atoms with Crippen LogP contribution in [0.1, 0.15) is 99.6 Å². The fraction of sp³-hybridized carbons (Fsp3) is 0.690. The van der Waals surface area contributed by atoms with E-state index < -0.39 is 138 Å². The summed E-state index contributed by atoms with van der Waals surface area (Å²) in [5.74, 6) is -9.98. The number of nitrogens with zero attached hydrogens (tertiary/aromatic N) is 2. The van der Waals surface area contributed by atoms with Crippen molar-refractivity contribution in [1.82, 2.24) is 52.1 Å². The Morgan fingerprint density at radius 3 is 1.74 bits per heavy atom. The number of carbonyl (C=O) groups excluding carboxylic acids is 8. The summed E-state index contributed by atoms with van der Waals surface area (Å²) in [6.45, 7) is 13.0. The van der Waals surface area contributed by atoms with Crippen molar-refractivity contribution in [3.8, 4) is 0 Å². The molecule has 1 aliphatic heterocycles. The van der Waals surface area contributed by atoms with Crippen LogP contribution in [-0.2, 0) is 54.4 Å². The van der Waals surface area contributed by atoms with Gasteiger partial charge in [-0.25, -0.2) is 4.98 Å². The number of amides is 8. The average Bonchev–Trinajstić information content (AvgIpc) is 3.95. The van der Waals surface area contributed by atoms with Crippen molar-refractivity contribution in [2.45, 2.75) is 155 Å². The highest BCUT2D eigenvalue weighted by Gasteiger charge is 2.40. The maximum absolute atomic E-state index is 13.9. The van der Waals surface area contributed by atoms with Gasteiger partial charge in [-0.1, -0.05) is 41.5 Å². The van der Waals surface area contributed by atoms with Crippen molar-refractivity contribution >= 4 is 59.2 Å². The highest BCUT2D eigenvalue weighted by atomic mass is 16.4. The Balaban J connectivity index is 2.22. The fourth-order valence-corrected chi connectivity index (χ4v) is 7.02. The molecular weight excluding hydrogens is 865 g/mol. The van der Waals surface area contributed by atoms with Gasteiger partial charge in [-0.05, 0) is 70.3 Å². The summed E-state index contributed by atoms with van der Waals surface area (Å²) in [6.07, 6.45) is 3.80. The van der Waals surface area contributed by atoms with Crippen LogP contribution in [0.5, 0.6) is 0 Å². The molecule has 0 radical (unpaired) electrons. The van der Waals surface area contributed by atoms with Gasteiger partial charge in [0.25, 0.3) is 0 Å². The lowest BCUT2D eigenvalue weighted by Gasteiger charge is -2.31. The predicted octanol–water partition coefficient (Wildman–Crippen LogP) is -2.64. The van der Waals surface area contributed by atoms with Gasteiger partial charge in [-0.15, -0.1) is 0 Å². The monoisotopic (exact) mass is 935 g/mol. The molecule has 24 heteroatoms. The first-order valence-corrected chi connectivity index (χ1v) is 22.2. The Kier molecular flexibility index (Phi) is 22.6. The number of imidazole rings is 1. The van der Waals surface area contributed by atoms with Gasteiger partial charge in [0.15, 0.2) is 0 Å². The molecule has 1 aromatic rings. The van der Waals surface area contributed by atoms with Crippen LogP contribution < -0.4 is 48.7 Å². The van der Waals surface area contributed by atoms with Crippen molar-refractivity contribution in [2.75, 3.05) is 13.1 Å². The number of carbonyl (C=O) groups is 10. The van der Waals surface area contributed by atoms with E-state index in [9.17, 15) is 53.1 Å². The normalized spacial score (nSPS) is 17.3. The van der Waals surface area contributed by atoms with Crippen LogP contribution in [-0.4, -0.2) is 152 Å². The van der Waals surface area contributed by atoms with E-state index in [1.165, 1.54) is 31.3 Å². The maximum atomic E-state index is 13.9. The lowest BCUT2D eigenvalue weighted by Crippen LogP contribution is -2.61. The van der Waals surface area contributed by atoms with Gasteiger partial charge in [0.1, 0.15) is 48.3 Å². The van der Waals surface area contributed by atoms with Gasteiger partial charge in [-0.3, -0.25) is 47.9 Å². The Labute approximate surface area is 384 Å². The van der Waals surface area contributed by atoms with Crippen LogP contribution in [0.3, 0.4) is 0 Å². The van der Waals surface area contributed by atoms with E-state index in [4.69, 9.17) is 16.6 Å². The molecule has 66 heavy (non-hydrogen) atoms. The molecule has 9 unspecified atom stereocenters. The summed E-state index contributed by atoms with van der Waals surface area (Å²) in [5, 5.41) is 36.3. The Hall–Kier alpha value is -6.17. The minimum atomic E-state index is -1.42. The Morgan fingerprint density at radius 2 is 1.23 bits per heavy atom. The smallest absolute Gasteiger partial charge is 0.325 e. The number of likely N-dealkylation sites (tertiary alicyclic amines) is 1. The van der Waals surface area contributed by atoms with E-state index >= 15 is 0 Å². The predicted molar refractivity (Wildman–Crippen MR) is 237 cm³/mol. The Bertz CT molecular complexity index is 1860. The second-order valence-corrected chi connectivity index (χ2v) is 17.6. The van der Waals surface area contributed by atoms with Gasteiger partial charge >= 0.3 is 11.9 Å². The number of unbranched alkanes of at least 4 members (excludes halogenated alkanes) is 1. The molecule has 9 atom stereocenters. The molecule has 0 saturated carbocycles. The number of carboxylic acid groups (broad SMARTS) is 2. The molecule has 1 aliphatic rings. The second kappa shape index (κ2) is 26.7. The largest absolute Gasteiger partial charge is 0.481 e. The van der Waals surface area contributed by atoms with Crippen molar-refractivity contribution in [2.24, 2.45) is 29.2 Å². The third-order valence-electron chi connectivity index (χ3n) is 11.0. The zero-order valence-electron chi connectivity index (χ0n) is 39.0. The van der Waals surface area contributed by atoms with Gasteiger partial charge in [0.2, 0.25) is 47.3 Å². The average molecular weight is 935 g/mol. The zero-order valence-corrected chi connectivity index (χ0v) is 39.0. The van der Waals surface area contributed by atoms with Crippen molar-refractivity contribution in [3.63, 3.8) is 0 Å². The number of nitrogens with one attached hydrogen (secondary N) is 8. The third kappa shape index (κ3) is 17.3. The topological polar surface area (TPSA) is 379 Å². The molecule has 2 rings (SSSR count). The quantitative estimate of drug-likeness (QED) is 0.0401. The first kappa shape index (κ1) is 56.0. The number of carboxylic acids is 2. The number of hydrogen-bond donors (Lipinski definition) is 12. The molecule has 2 heterocycles. The first-order chi connectivity index (χ1) is 30.9. The molecule has 370 valence electrons. The number of aromatic nitrogens is 2. The molecule has 1 fully saturated rings. The van der Waals surface area contributed by atoms with Crippen LogP contribution in [0.25, 0.3) is 0 Å². The highest BCUT2D eigenvalue weighted by Crippen LogP contribution is 2.21. The number of rotatable bonds is 27. The van der Waals surface area contributed by atoms with Crippen molar-refractivity contribution in [3.05, 3.63) is 18.2 Å². The minimum absolute atomic E-state index is 0.122. The van der Waals surface area contributed by atoms with E-state index in [0.29, 0.717) is 31.5 Å². The van der Waals surface area contributed by atoms with E-state index in [-0.39, 0.29) is 25.8 Å². The molecular formula is C42H70N12O12. The molecule has 1 aromatic heterocycles. The summed E-state index contributed by atoms with van der Waals surface area (Å²) in [5.41, 5.74) is 11.8. The number of aliphatic carboxylic acids is 2. The highest BCUT2D eigenvalue weighted by molar-refractivity contribution is 5.98. The first-order valence-electron chi connectivity index (χ1n) is 22.2. The summed E-state index contributed by atoms with van der Waals surface area (Å²) in [4.78, 5) is 139. The van der Waals surface area contributed by atoms with E-state index in [2.05, 4.69) is 47.2 Å². The van der Waals surface area contributed by atoms with E-state index in [0.717, 1.165) is 0 Å². The minimum Gasteiger partial charge on any atom is -0.481 e. The van der Waals surface area contributed by atoms with Crippen LogP contribution in [0.4, 0.5) is 0 Å².